The number of hydrogen-bond acceptors (Lipinski definition) is 4. The molecule has 2 N–H and O–H groups in total. The Labute approximate surface area is 86.6 Å². The Kier molecular flexibility index (Phi) is 2.39. The van der Waals surface area contributed by atoms with Crippen molar-refractivity contribution in [1.29, 1.82) is 0 Å². The van der Waals surface area contributed by atoms with Crippen LogP contribution < -0.4 is 5.73 Å². The molecule has 0 aliphatic rings. The van der Waals surface area contributed by atoms with Crippen molar-refractivity contribution in [1.82, 2.24) is 4.98 Å². The monoisotopic (exact) mass is 208 g/mol. The van der Waals surface area contributed by atoms with Crippen LogP contribution in [0.3, 0.4) is 0 Å². The van der Waals surface area contributed by atoms with Crippen molar-refractivity contribution >= 4 is 11.3 Å². The lowest BCUT2D eigenvalue weighted by molar-refractivity contribution is 0.572. The highest BCUT2D eigenvalue weighted by Gasteiger charge is 2.10. The van der Waals surface area contributed by atoms with Crippen molar-refractivity contribution in [3.05, 3.63) is 29.0 Å². The zero-order valence-corrected chi connectivity index (χ0v) is 8.97. The average Bonchev–Trinajstić information content (AvgIpc) is 2.70. The quantitative estimate of drug-likeness (QED) is 0.825. The number of oxazole rings is 1. The van der Waals surface area contributed by atoms with E-state index in [0.717, 1.165) is 10.6 Å². The summed E-state index contributed by atoms with van der Waals surface area (Å²) in [6.07, 6.45) is 1.62. The highest BCUT2D eigenvalue weighted by Crippen LogP contribution is 2.27. The van der Waals surface area contributed by atoms with Crippen molar-refractivity contribution in [2.24, 2.45) is 5.73 Å². The van der Waals surface area contributed by atoms with Gasteiger partial charge in [0.25, 0.3) is 0 Å². The second-order valence-corrected chi connectivity index (χ2v) is 4.56. The molecule has 0 aromatic carbocycles. The van der Waals surface area contributed by atoms with E-state index < -0.39 is 0 Å². The van der Waals surface area contributed by atoms with Crippen LogP contribution in [0.4, 0.5) is 0 Å². The first-order valence-electron chi connectivity index (χ1n) is 4.44. The number of nitrogens with zero attached hydrogens (tertiary/aromatic N) is 1. The van der Waals surface area contributed by atoms with E-state index in [0.29, 0.717) is 5.89 Å². The third-order valence-electron chi connectivity index (χ3n) is 1.94. The number of nitrogens with two attached hydrogens (primary N) is 1. The van der Waals surface area contributed by atoms with E-state index in [4.69, 9.17) is 10.2 Å². The second kappa shape index (κ2) is 3.55. The molecule has 2 aromatic rings. The molecule has 0 radical (unpaired) electrons. The smallest absolute Gasteiger partial charge is 0.236 e. The summed E-state index contributed by atoms with van der Waals surface area (Å²) >= 11 is 1.67. The van der Waals surface area contributed by atoms with Crippen LogP contribution in [0.25, 0.3) is 10.8 Å². The molecule has 74 valence electrons. The maximum absolute atomic E-state index is 5.69. The molecular weight excluding hydrogens is 196 g/mol. The number of hydrogen-bond donors (Lipinski definition) is 1. The molecule has 0 amide bonds. The summed E-state index contributed by atoms with van der Waals surface area (Å²) in [5, 5.41) is 0. The molecule has 2 aromatic heterocycles. The van der Waals surface area contributed by atoms with E-state index in [-0.39, 0.29) is 6.04 Å². The van der Waals surface area contributed by atoms with Gasteiger partial charge in [0.05, 0.1) is 10.6 Å². The van der Waals surface area contributed by atoms with Gasteiger partial charge in [-0.25, -0.2) is 4.98 Å². The number of aromatic nitrogens is 1. The number of rotatable bonds is 2. The SMILES string of the molecule is Cc1ccc(-c2nc(C(C)N)co2)s1. The Hall–Kier alpha value is -1.13. The average molecular weight is 208 g/mol. The van der Waals surface area contributed by atoms with Crippen molar-refractivity contribution in [3.63, 3.8) is 0 Å². The molecule has 0 fully saturated rings. The zero-order valence-electron chi connectivity index (χ0n) is 8.15. The molecule has 1 unspecified atom stereocenters. The molecular formula is C10H12N2OS. The van der Waals surface area contributed by atoms with Gasteiger partial charge in [-0.05, 0) is 26.0 Å². The van der Waals surface area contributed by atoms with Crippen molar-refractivity contribution in [3.8, 4) is 10.8 Å². The van der Waals surface area contributed by atoms with Crippen LogP contribution in [-0.4, -0.2) is 4.98 Å². The predicted octanol–water partition coefficient (Wildman–Crippen LogP) is 2.73. The highest BCUT2D eigenvalue weighted by atomic mass is 32.1. The zero-order chi connectivity index (χ0) is 10.1. The standard InChI is InChI=1S/C10H12N2OS/c1-6-3-4-9(14-6)10-12-8(5-13-10)7(2)11/h3-5,7H,11H2,1-2H3. The van der Waals surface area contributed by atoms with Gasteiger partial charge in [0.15, 0.2) is 0 Å². The molecule has 0 aliphatic heterocycles. The minimum absolute atomic E-state index is 0.0754. The normalized spacial score (nSPS) is 13.1. The summed E-state index contributed by atoms with van der Waals surface area (Å²) in [4.78, 5) is 6.61. The van der Waals surface area contributed by atoms with Crippen LogP contribution in [0.1, 0.15) is 23.5 Å². The van der Waals surface area contributed by atoms with Gasteiger partial charge in [-0.15, -0.1) is 11.3 Å². The van der Waals surface area contributed by atoms with Gasteiger partial charge >= 0.3 is 0 Å². The van der Waals surface area contributed by atoms with Gasteiger partial charge in [0.2, 0.25) is 5.89 Å². The first kappa shape index (κ1) is 9.43. The Bertz CT molecular complexity index is 431. The number of aryl methyl sites for hydroxylation is 1. The van der Waals surface area contributed by atoms with E-state index in [1.165, 1.54) is 4.88 Å². The van der Waals surface area contributed by atoms with Gasteiger partial charge in [0, 0.05) is 10.9 Å². The first-order valence-corrected chi connectivity index (χ1v) is 5.26. The Morgan fingerprint density at radius 3 is 2.79 bits per heavy atom. The van der Waals surface area contributed by atoms with Crippen molar-refractivity contribution in [2.75, 3.05) is 0 Å². The number of thiophene rings is 1. The van der Waals surface area contributed by atoms with Crippen LogP contribution in [0, 0.1) is 6.92 Å². The fourth-order valence-electron chi connectivity index (χ4n) is 1.16. The minimum Gasteiger partial charge on any atom is -0.443 e. The molecule has 0 saturated heterocycles. The summed E-state index contributed by atoms with van der Waals surface area (Å²) in [6, 6.07) is 3.99. The molecule has 2 heterocycles. The van der Waals surface area contributed by atoms with E-state index in [1.807, 2.05) is 13.0 Å². The molecule has 0 aliphatic carbocycles. The molecule has 0 spiro atoms. The Morgan fingerprint density at radius 2 is 2.29 bits per heavy atom. The third kappa shape index (κ3) is 1.71. The van der Waals surface area contributed by atoms with Gasteiger partial charge < -0.3 is 10.2 Å². The van der Waals surface area contributed by atoms with E-state index in [2.05, 4.69) is 18.0 Å². The van der Waals surface area contributed by atoms with Gasteiger partial charge in [0.1, 0.15) is 6.26 Å². The summed E-state index contributed by atoms with van der Waals surface area (Å²) in [5.74, 6) is 0.662. The van der Waals surface area contributed by atoms with Crippen LogP contribution >= 0.6 is 11.3 Å². The summed E-state index contributed by atoms with van der Waals surface area (Å²) in [7, 11) is 0. The lowest BCUT2D eigenvalue weighted by Crippen LogP contribution is -2.04. The lowest BCUT2D eigenvalue weighted by Gasteiger charge is -1.94. The first-order chi connectivity index (χ1) is 6.66. The largest absolute Gasteiger partial charge is 0.443 e. The van der Waals surface area contributed by atoms with Gasteiger partial charge in [-0.3, -0.25) is 0 Å². The maximum atomic E-state index is 5.69. The van der Waals surface area contributed by atoms with Crippen LogP contribution in [0.2, 0.25) is 0 Å². The summed E-state index contributed by atoms with van der Waals surface area (Å²) < 4.78 is 5.34. The fraction of sp³-hybridized carbons (Fsp3) is 0.300. The van der Waals surface area contributed by atoms with Crippen molar-refractivity contribution < 1.29 is 4.42 Å². The van der Waals surface area contributed by atoms with Crippen molar-refractivity contribution in [2.45, 2.75) is 19.9 Å². The molecule has 2 rings (SSSR count). The van der Waals surface area contributed by atoms with Gasteiger partial charge in [-0.1, -0.05) is 0 Å². The maximum Gasteiger partial charge on any atom is 0.236 e. The predicted molar refractivity (Wildman–Crippen MR) is 57.2 cm³/mol. The summed E-state index contributed by atoms with van der Waals surface area (Å²) in [5.41, 5.74) is 6.49. The molecule has 1 atom stereocenters. The molecule has 0 bridgehead atoms. The van der Waals surface area contributed by atoms with E-state index in [9.17, 15) is 0 Å². The minimum atomic E-state index is -0.0754. The molecule has 0 saturated carbocycles. The topological polar surface area (TPSA) is 52.0 Å². The molecule has 4 heteroatoms. The van der Waals surface area contributed by atoms with E-state index in [1.54, 1.807) is 17.6 Å². The Morgan fingerprint density at radius 1 is 1.50 bits per heavy atom. The van der Waals surface area contributed by atoms with Gasteiger partial charge in [-0.2, -0.15) is 0 Å². The molecule has 14 heavy (non-hydrogen) atoms. The highest BCUT2D eigenvalue weighted by molar-refractivity contribution is 7.15. The third-order valence-corrected chi connectivity index (χ3v) is 2.93. The second-order valence-electron chi connectivity index (χ2n) is 3.28. The summed E-state index contributed by atoms with van der Waals surface area (Å²) in [6.45, 7) is 3.95. The lowest BCUT2D eigenvalue weighted by atomic mass is 10.3. The van der Waals surface area contributed by atoms with Crippen LogP contribution in [0.15, 0.2) is 22.8 Å². The fourth-order valence-corrected chi connectivity index (χ4v) is 1.96. The van der Waals surface area contributed by atoms with E-state index >= 15 is 0 Å². The van der Waals surface area contributed by atoms with Crippen LogP contribution in [0.5, 0.6) is 0 Å². The molecule has 3 nitrogen and oxygen atoms in total. The van der Waals surface area contributed by atoms with Crippen LogP contribution in [-0.2, 0) is 0 Å². The Balaban J connectivity index is 2.33.